The van der Waals surface area contributed by atoms with Crippen molar-refractivity contribution < 1.29 is 19.1 Å². The number of methoxy groups -OCH3 is 2. The molecule has 1 fully saturated rings. The van der Waals surface area contributed by atoms with Crippen LogP contribution in [0.3, 0.4) is 0 Å². The Morgan fingerprint density at radius 1 is 1.07 bits per heavy atom. The van der Waals surface area contributed by atoms with E-state index in [9.17, 15) is 9.59 Å². The third kappa shape index (κ3) is 4.11. The van der Waals surface area contributed by atoms with Crippen LogP contribution in [0.2, 0.25) is 0 Å². The van der Waals surface area contributed by atoms with Crippen LogP contribution in [0.25, 0.3) is 0 Å². The van der Waals surface area contributed by atoms with Crippen LogP contribution < -0.4 is 14.4 Å². The molecule has 0 aliphatic carbocycles. The van der Waals surface area contributed by atoms with Crippen molar-refractivity contribution in [3.05, 3.63) is 53.6 Å². The molecular formula is C22H26N2O4. The molecule has 0 radical (unpaired) electrons. The molecule has 148 valence electrons. The minimum Gasteiger partial charge on any atom is -0.493 e. The number of ether oxygens (including phenoxy) is 2. The van der Waals surface area contributed by atoms with Gasteiger partial charge in [-0.1, -0.05) is 12.1 Å². The predicted octanol–water partition coefficient (Wildman–Crippen LogP) is 3.49. The first-order valence-corrected chi connectivity index (χ1v) is 9.41. The van der Waals surface area contributed by atoms with Crippen LogP contribution in [-0.2, 0) is 11.3 Å². The molecule has 1 heterocycles. The van der Waals surface area contributed by atoms with Gasteiger partial charge < -0.3 is 19.3 Å². The van der Waals surface area contributed by atoms with Crippen LogP contribution in [-0.4, -0.2) is 44.5 Å². The van der Waals surface area contributed by atoms with E-state index in [4.69, 9.17) is 9.47 Å². The molecule has 0 bridgehead atoms. The van der Waals surface area contributed by atoms with Gasteiger partial charge in [-0.05, 0) is 43.2 Å². The van der Waals surface area contributed by atoms with E-state index in [0.29, 0.717) is 30.0 Å². The summed E-state index contributed by atoms with van der Waals surface area (Å²) in [5.74, 6) is 1.31. The first-order chi connectivity index (χ1) is 13.5. The van der Waals surface area contributed by atoms with E-state index in [1.54, 1.807) is 43.2 Å². The third-order valence-corrected chi connectivity index (χ3v) is 4.99. The smallest absolute Gasteiger partial charge is 0.253 e. The fourth-order valence-electron chi connectivity index (χ4n) is 3.49. The Morgan fingerprint density at radius 2 is 1.82 bits per heavy atom. The second-order valence-corrected chi connectivity index (χ2v) is 6.86. The molecule has 2 amide bonds. The second kappa shape index (κ2) is 8.78. The standard InChI is InChI=1S/C22H26N2O4/c1-23(15-17-7-6-8-19(27-2)21(17)28-3)22(26)16-10-12-18(13-11-16)24-14-5-4-9-20(24)25/h6-8,10-13H,4-5,9,14-15H2,1-3H3. The van der Waals surface area contributed by atoms with Crippen molar-refractivity contribution in [2.45, 2.75) is 25.8 Å². The highest BCUT2D eigenvalue weighted by atomic mass is 16.5. The molecule has 6 nitrogen and oxygen atoms in total. The maximum atomic E-state index is 12.8. The molecule has 3 rings (SSSR count). The van der Waals surface area contributed by atoms with Crippen molar-refractivity contribution >= 4 is 17.5 Å². The molecule has 2 aromatic carbocycles. The van der Waals surface area contributed by atoms with Crippen molar-refractivity contribution in [2.75, 3.05) is 32.7 Å². The Bertz CT molecular complexity index is 848. The number of carbonyl (C=O) groups excluding carboxylic acids is 2. The number of hydrogen-bond acceptors (Lipinski definition) is 4. The first-order valence-electron chi connectivity index (χ1n) is 9.41. The lowest BCUT2D eigenvalue weighted by Gasteiger charge is -2.27. The van der Waals surface area contributed by atoms with Gasteiger partial charge in [0.15, 0.2) is 11.5 Å². The molecule has 0 spiro atoms. The molecule has 0 N–H and O–H groups in total. The molecule has 2 aromatic rings. The maximum Gasteiger partial charge on any atom is 0.253 e. The molecule has 0 unspecified atom stereocenters. The molecule has 28 heavy (non-hydrogen) atoms. The summed E-state index contributed by atoms with van der Waals surface area (Å²) in [5, 5.41) is 0. The van der Waals surface area contributed by atoms with Gasteiger partial charge in [0.25, 0.3) is 5.91 Å². The van der Waals surface area contributed by atoms with Gasteiger partial charge in [-0.25, -0.2) is 0 Å². The summed E-state index contributed by atoms with van der Waals surface area (Å²) >= 11 is 0. The van der Waals surface area contributed by atoms with E-state index in [1.165, 1.54) is 0 Å². The highest BCUT2D eigenvalue weighted by Crippen LogP contribution is 2.31. The summed E-state index contributed by atoms with van der Waals surface area (Å²) in [6, 6.07) is 12.9. The summed E-state index contributed by atoms with van der Waals surface area (Å²) in [6.45, 7) is 1.13. The van der Waals surface area contributed by atoms with E-state index < -0.39 is 0 Å². The van der Waals surface area contributed by atoms with Crippen LogP contribution in [0.1, 0.15) is 35.2 Å². The van der Waals surface area contributed by atoms with E-state index in [2.05, 4.69) is 0 Å². The number of rotatable bonds is 6. The predicted molar refractivity (Wildman–Crippen MR) is 108 cm³/mol. The zero-order valence-corrected chi connectivity index (χ0v) is 16.6. The molecule has 0 saturated carbocycles. The molecule has 1 aliphatic rings. The third-order valence-electron chi connectivity index (χ3n) is 4.99. The lowest BCUT2D eigenvalue weighted by Crippen LogP contribution is -2.35. The topological polar surface area (TPSA) is 59.1 Å². The number of hydrogen-bond donors (Lipinski definition) is 0. The van der Waals surface area contributed by atoms with Gasteiger partial charge in [0.05, 0.1) is 14.2 Å². The summed E-state index contributed by atoms with van der Waals surface area (Å²) in [5.41, 5.74) is 2.30. The van der Waals surface area contributed by atoms with Gasteiger partial charge in [0.2, 0.25) is 5.91 Å². The monoisotopic (exact) mass is 382 g/mol. The average Bonchev–Trinajstić information content (AvgIpc) is 2.73. The van der Waals surface area contributed by atoms with Gasteiger partial charge in [0.1, 0.15) is 0 Å². The summed E-state index contributed by atoms with van der Waals surface area (Å²) in [7, 11) is 4.93. The molecule has 1 aliphatic heterocycles. The molecule has 0 aromatic heterocycles. The largest absolute Gasteiger partial charge is 0.493 e. The van der Waals surface area contributed by atoms with Gasteiger partial charge in [-0.2, -0.15) is 0 Å². The maximum absolute atomic E-state index is 12.8. The van der Waals surface area contributed by atoms with E-state index in [-0.39, 0.29) is 11.8 Å². The molecule has 0 atom stereocenters. The fourth-order valence-corrected chi connectivity index (χ4v) is 3.49. The van der Waals surface area contributed by atoms with Crippen molar-refractivity contribution in [1.82, 2.24) is 4.90 Å². The van der Waals surface area contributed by atoms with Crippen LogP contribution in [0.4, 0.5) is 5.69 Å². The van der Waals surface area contributed by atoms with Crippen LogP contribution in [0.5, 0.6) is 11.5 Å². The number of amides is 2. The quantitative estimate of drug-likeness (QED) is 0.767. The lowest BCUT2D eigenvalue weighted by atomic mass is 10.1. The van der Waals surface area contributed by atoms with Crippen LogP contribution in [0, 0.1) is 0 Å². The minimum atomic E-state index is -0.0959. The minimum absolute atomic E-state index is 0.0959. The fraction of sp³-hybridized carbons (Fsp3) is 0.364. The summed E-state index contributed by atoms with van der Waals surface area (Å²) in [4.78, 5) is 28.3. The Labute approximate surface area is 165 Å². The van der Waals surface area contributed by atoms with Gasteiger partial charge in [-0.15, -0.1) is 0 Å². The molecular weight excluding hydrogens is 356 g/mol. The number of benzene rings is 2. The van der Waals surface area contributed by atoms with Crippen molar-refractivity contribution in [3.8, 4) is 11.5 Å². The number of para-hydroxylation sites is 1. The van der Waals surface area contributed by atoms with E-state index >= 15 is 0 Å². The SMILES string of the molecule is COc1cccc(CN(C)C(=O)c2ccc(N3CCCCC3=O)cc2)c1OC. The molecule has 6 heteroatoms. The Kier molecular flexibility index (Phi) is 6.19. The highest BCUT2D eigenvalue weighted by Gasteiger charge is 2.21. The molecule has 1 saturated heterocycles. The van der Waals surface area contributed by atoms with Crippen LogP contribution in [0.15, 0.2) is 42.5 Å². The number of nitrogens with zero attached hydrogens (tertiary/aromatic N) is 2. The normalized spacial score (nSPS) is 14.0. The summed E-state index contributed by atoms with van der Waals surface area (Å²) < 4.78 is 10.8. The zero-order valence-electron chi connectivity index (χ0n) is 16.6. The number of piperidine rings is 1. The first kappa shape index (κ1) is 19.7. The zero-order chi connectivity index (χ0) is 20.1. The Hall–Kier alpha value is -3.02. The highest BCUT2D eigenvalue weighted by molar-refractivity contribution is 5.96. The lowest BCUT2D eigenvalue weighted by molar-refractivity contribution is -0.119. The van der Waals surface area contributed by atoms with Crippen molar-refractivity contribution in [2.24, 2.45) is 0 Å². The Morgan fingerprint density at radius 3 is 2.46 bits per heavy atom. The van der Waals surface area contributed by atoms with Crippen molar-refractivity contribution in [3.63, 3.8) is 0 Å². The average molecular weight is 382 g/mol. The number of anilines is 1. The van der Waals surface area contributed by atoms with E-state index in [0.717, 1.165) is 30.6 Å². The van der Waals surface area contributed by atoms with E-state index in [1.807, 2.05) is 30.3 Å². The van der Waals surface area contributed by atoms with Crippen LogP contribution >= 0.6 is 0 Å². The second-order valence-electron chi connectivity index (χ2n) is 6.86. The van der Waals surface area contributed by atoms with Gasteiger partial charge >= 0.3 is 0 Å². The Balaban J connectivity index is 1.72. The summed E-state index contributed by atoms with van der Waals surface area (Å²) in [6.07, 6.45) is 2.55. The van der Waals surface area contributed by atoms with Gasteiger partial charge in [-0.3, -0.25) is 9.59 Å². The van der Waals surface area contributed by atoms with Gasteiger partial charge in [0, 0.05) is 43.4 Å². The van der Waals surface area contributed by atoms with Crippen molar-refractivity contribution in [1.29, 1.82) is 0 Å². The number of carbonyl (C=O) groups is 2.